The van der Waals surface area contributed by atoms with Crippen molar-refractivity contribution in [2.75, 3.05) is 12.3 Å². The molecule has 0 bridgehead atoms. The van der Waals surface area contributed by atoms with Crippen LogP contribution >= 0.6 is 12.6 Å². The van der Waals surface area contributed by atoms with E-state index in [0.717, 1.165) is 0 Å². The van der Waals surface area contributed by atoms with Crippen LogP contribution in [0.4, 0.5) is 0 Å². The fraction of sp³-hybridized carbons (Fsp3) is 0.650. The number of nitrogens with two attached hydrogens (primary N) is 1. The van der Waals surface area contributed by atoms with Gasteiger partial charge in [0.05, 0.1) is 12.4 Å². The van der Waals surface area contributed by atoms with Crippen LogP contribution in [0.25, 0.3) is 0 Å². The van der Waals surface area contributed by atoms with Crippen LogP contribution in [0, 0.1) is 5.92 Å². The number of carboxylic acids is 1. The Kier molecular flexibility index (Phi) is 9.51. The van der Waals surface area contributed by atoms with Crippen LogP contribution in [0.15, 0.2) is 12.5 Å². The van der Waals surface area contributed by atoms with Crippen molar-refractivity contribution in [3.05, 3.63) is 18.2 Å². The number of imidazole rings is 1. The molecule has 1 aromatic heterocycles. The van der Waals surface area contributed by atoms with E-state index in [2.05, 4.69) is 33.2 Å². The number of aromatic nitrogens is 2. The third kappa shape index (κ3) is 6.95. The highest BCUT2D eigenvalue weighted by atomic mass is 32.1. The fourth-order valence-electron chi connectivity index (χ4n) is 3.66. The van der Waals surface area contributed by atoms with Crippen LogP contribution in [-0.2, 0) is 25.6 Å². The lowest BCUT2D eigenvalue weighted by molar-refractivity contribution is -0.149. The van der Waals surface area contributed by atoms with Crippen molar-refractivity contribution in [3.63, 3.8) is 0 Å². The number of carbonyl (C=O) groups excluding carboxylic acids is 3. The topological polar surface area (TPSA) is 171 Å². The Hall–Kier alpha value is -2.60. The van der Waals surface area contributed by atoms with E-state index in [0.29, 0.717) is 31.5 Å². The summed E-state index contributed by atoms with van der Waals surface area (Å²) in [6, 6.07) is -3.74. The van der Waals surface area contributed by atoms with Gasteiger partial charge in [-0.1, -0.05) is 13.8 Å². The quantitative estimate of drug-likeness (QED) is 0.233. The number of nitrogens with zero attached hydrogens (tertiary/aromatic N) is 2. The average molecular weight is 469 g/mol. The van der Waals surface area contributed by atoms with Crippen molar-refractivity contribution in [1.29, 1.82) is 0 Å². The van der Waals surface area contributed by atoms with E-state index >= 15 is 0 Å². The number of carboxylic acid groups (broad SMARTS) is 1. The van der Waals surface area contributed by atoms with Crippen molar-refractivity contribution < 1.29 is 24.3 Å². The fourth-order valence-corrected chi connectivity index (χ4v) is 3.92. The first-order valence-corrected chi connectivity index (χ1v) is 11.2. The van der Waals surface area contributed by atoms with Gasteiger partial charge >= 0.3 is 5.97 Å². The summed E-state index contributed by atoms with van der Waals surface area (Å²) >= 11 is 4.15. The van der Waals surface area contributed by atoms with E-state index in [-0.39, 0.29) is 18.1 Å². The molecule has 0 radical (unpaired) electrons. The molecule has 4 unspecified atom stereocenters. The van der Waals surface area contributed by atoms with E-state index in [1.54, 1.807) is 0 Å². The Bertz CT molecular complexity index is 802. The molecule has 0 aliphatic carbocycles. The normalized spacial score (nSPS) is 18.8. The zero-order valence-electron chi connectivity index (χ0n) is 18.3. The largest absolute Gasteiger partial charge is 0.480 e. The smallest absolute Gasteiger partial charge is 0.326 e. The molecule has 0 saturated carbocycles. The molecule has 178 valence electrons. The number of nitrogens with one attached hydrogen (secondary N) is 3. The maximum Gasteiger partial charge on any atom is 0.326 e. The van der Waals surface area contributed by atoms with E-state index in [1.807, 2.05) is 13.8 Å². The molecule has 6 N–H and O–H groups in total. The third-order valence-corrected chi connectivity index (χ3v) is 5.66. The number of likely N-dealkylation sites (tertiary alicyclic amines) is 1. The molecule has 2 rings (SSSR count). The van der Waals surface area contributed by atoms with Crippen LogP contribution < -0.4 is 16.4 Å². The molecule has 3 amide bonds. The number of rotatable bonds is 11. The molecule has 2 heterocycles. The molecule has 1 aromatic rings. The van der Waals surface area contributed by atoms with Crippen molar-refractivity contribution in [2.45, 2.75) is 63.7 Å². The second-order valence-corrected chi connectivity index (χ2v) is 8.71. The second-order valence-electron chi connectivity index (χ2n) is 8.35. The monoisotopic (exact) mass is 468 g/mol. The van der Waals surface area contributed by atoms with E-state index in [4.69, 9.17) is 5.73 Å². The van der Waals surface area contributed by atoms with Crippen molar-refractivity contribution >= 4 is 36.3 Å². The number of hydrogen-bond acceptors (Lipinski definition) is 7. The van der Waals surface area contributed by atoms with Crippen molar-refractivity contribution in [3.8, 4) is 0 Å². The predicted molar refractivity (Wildman–Crippen MR) is 120 cm³/mol. The molecule has 12 heteroatoms. The molecular formula is C20H32N6O5S. The van der Waals surface area contributed by atoms with Gasteiger partial charge in [0.15, 0.2) is 0 Å². The van der Waals surface area contributed by atoms with Crippen molar-refractivity contribution in [1.82, 2.24) is 25.5 Å². The van der Waals surface area contributed by atoms with Crippen molar-refractivity contribution in [2.24, 2.45) is 11.7 Å². The summed E-state index contributed by atoms with van der Waals surface area (Å²) in [6.45, 7) is 4.16. The summed E-state index contributed by atoms with van der Waals surface area (Å²) in [5.41, 5.74) is 6.49. The first-order valence-electron chi connectivity index (χ1n) is 10.6. The second kappa shape index (κ2) is 11.9. The minimum absolute atomic E-state index is 0.00158. The number of aliphatic carboxylic acids is 1. The molecule has 1 fully saturated rings. The zero-order valence-corrected chi connectivity index (χ0v) is 19.2. The van der Waals surface area contributed by atoms with Gasteiger partial charge in [0, 0.05) is 30.6 Å². The van der Waals surface area contributed by atoms with Gasteiger partial charge in [0.2, 0.25) is 17.7 Å². The summed E-state index contributed by atoms with van der Waals surface area (Å²) in [5, 5.41) is 14.7. The minimum Gasteiger partial charge on any atom is -0.480 e. The number of carbonyl (C=O) groups is 4. The maximum atomic E-state index is 13.2. The molecule has 11 nitrogen and oxygen atoms in total. The summed E-state index contributed by atoms with van der Waals surface area (Å²) in [6.07, 6.45) is 4.44. The Balaban J connectivity index is 2.13. The van der Waals surface area contributed by atoms with Gasteiger partial charge < -0.3 is 31.4 Å². The summed E-state index contributed by atoms with van der Waals surface area (Å²) in [5.74, 6) is -2.46. The van der Waals surface area contributed by atoms with Crippen LogP contribution in [0.1, 0.15) is 38.8 Å². The van der Waals surface area contributed by atoms with Crippen LogP contribution in [-0.4, -0.2) is 80.1 Å². The lowest BCUT2D eigenvalue weighted by Gasteiger charge is -2.28. The molecule has 1 saturated heterocycles. The SMILES string of the molecule is CC(C)CC(N)C(=O)NC(CS)C(=O)NC(Cc1cnc[nH]1)C(=O)N1CCCC1C(=O)O. The summed E-state index contributed by atoms with van der Waals surface area (Å²) < 4.78 is 0. The van der Waals surface area contributed by atoms with Crippen LogP contribution in [0.3, 0.4) is 0 Å². The van der Waals surface area contributed by atoms with E-state index < -0.39 is 47.9 Å². The Morgan fingerprint density at radius 3 is 2.53 bits per heavy atom. The van der Waals surface area contributed by atoms with Gasteiger partial charge in [-0.15, -0.1) is 0 Å². The minimum atomic E-state index is -1.08. The molecule has 4 atom stereocenters. The third-order valence-electron chi connectivity index (χ3n) is 5.29. The number of amides is 3. The average Bonchev–Trinajstić information content (AvgIpc) is 3.42. The molecule has 32 heavy (non-hydrogen) atoms. The Labute approximate surface area is 192 Å². The number of H-pyrrole nitrogens is 1. The van der Waals surface area contributed by atoms with Gasteiger partial charge in [-0.3, -0.25) is 14.4 Å². The molecule has 0 spiro atoms. The highest BCUT2D eigenvalue weighted by Crippen LogP contribution is 2.19. The lowest BCUT2D eigenvalue weighted by atomic mass is 10.0. The molecular weight excluding hydrogens is 436 g/mol. The number of thiol groups is 1. The van der Waals surface area contributed by atoms with Crippen LogP contribution in [0.5, 0.6) is 0 Å². The van der Waals surface area contributed by atoms with Crippen LogP contribution in [0.2, 0.25) is 0 Å². The highest BCUT2D eigenvalue weighted by Gasteiger charge is 2.38. The highest BCUT2D eigenvalue weighted by molar-refractivity contribution is 7.80. The van der Waals surface area contributed by atoms with Gasteiger partial charge in [-0.25, -0.2) is 9.78 Å². The first kappa shape index (κ1) is 25.7. The first-order chi connectivity index (χ1) is 15.1. The number of hydrogen-bond donors (Lipinski definition) is 6. The predicted octanol–water partition coefficient (Wildman–Crippen LogP) is -0.699. The molecule has 1 aliphatic rings. The maximum absolute atomic E-state index is 13.2. The molecule has 1 aliphatic heterocycles. The summed E-state index contributed by atoms with van der Waals surface area (Å²) in [4.78, 5) is 58.0. The van der Waals surface area contributed by atoms with Gasteiger partial charge in [0.25, 0.3) is 0 Å². The Morgan fingerprint density at radius 2 is 1.97 bits per heavy atom. The van der Waals surface area contributed by atoms with E-state index in [1.165, 1.54) is 17.4 Å². The van der Waals surface area contributed by atoms with E-state index in [9.17, 15) is 24.3 Å². The van der Waals surface area contributed by atoms with Gasteiger partial charge in [-0.05, 0) is 25.2 Å². The lowest BCUT2D eigenvalue weighted by Crippen LogP contribution is -2.58. The zero-order chi connectivity index (χ0) is 23.8. The Morgan fingerprint density at radius 1 is 1.28 bits per heavy atom. The standard InChI is InChI=1S/C20H32N6O5S/c1-11(2)6-13(21)17(27)25-15(9-32)18(28)24-14(7-12-8-22-10-23-12)19(29)26-5-3-4-16(26)20(30)31/h8,10-11,13-16,32H,3-7,9,21H2,1-2H3,(H,22,23)(H,24,28)(H,25,27)(H,30,31). The summed E-state index contributed by atoms with van der Waals surface area (Å²) in [7, 11) is 0. The van der Waals surface area contributed by atoms with Gasteiger partial charge in [0.1, 0.15) is 18.1 Å². The van der Waals surface area contributed by atoms with Gasteiger partial charge in [-0.2, -0.15) is 12.6 Å². The number of aromatic amines is 1. The molecule has 0 aromatic carbocycles.